The average Bonchev–Trinajstić information content (AvgIpc) is 2.34. The van der Waals surface area contributed by atoms with E-state index in [-0.39, 0.29) is 19.2 Å². The Morgan fingerprint density at radius 2 is 2.12 bits per heavy atom. The van der Waals surface area contributed by atoms with Gasteiger partial charge in [0.25, 0.3) is 0 Å². The van der Waals surface area contributed by atoms with Gasteiger partial charge in [-0.1, -0.05) is 18.2 Å². The van der Waals surface area contributed by atoms with E-state index in [1.54, 1.807) is 7.11 Å². The second kappa shape index (κ2) is 6.68. The monoisotopic (exact) mass is 224 g/mol. The lowest BCUT2D eigenvalue weighted by molar-refractivity contribution is 0.234. The highest BCUT2D eigenvalue weighted by atomic mass is 16.5. The van der Waals surface area contributed by atoms with E-state index in [0.29, 0.717) is 6.54 Å². The van der Waals surface area contributed by atoms with Crippen molar-refractivity contribution in [1.29, 1.82) is 0 Å². The minimum atomic E-state index is -0.306. The molecule has 3 N–H and O–H groups in total. The van der Waals surface area contributed by atoms with E-state index < -0.39 is 0 Å². The van der Waals surface area contributed by atoms with Crippen LogP contribution in [0.15, 0.2) is 24.3 Å². The van der Waals surface area contributed by atoms with Crippen molar-refractivity contribution in [2.45, 2.75) is 6.54 Å². The third-order valence-electron chi connectivity index (χ3n) is 2.03. The normalized spacial score (nSPS) is 9.62. The number of nitrogens with one attached hydrogen (secondary N) is 2. The van der Waals surface area contributed by atoms with Crippen LogP contribution in [0.3, 0.4) is 0 Å². The minimum Gasteiger partial charge on any atom is -0.496 e. The fourth-order valence-corrected chi connectivity index (χ4v) is 1.26. The van der Waals surface area contributed by atoms with Gasteiger partial charge in [0, 0.05) is 18.7 Å². The van der Waals surface area contributed by atoms with Crippen molar-refractivity contribution >= 4 is 6.03 Å². The highest BCUT2D eigenvalue weighted by molar-refractivity contribution is 5.73. The van der Waals surface area contributed by atoms with Crippen LogP contribution >= 0.6 is 0 Å². The lowest BCUT2D eigenvalue weighted by Crippen LogP contribution is -2.36. The molecule has 0 fully saturated rings. The first-order valence-electron chi connectivity index (χ1n) is 5.02. The molecule has 88 valence electrons. The Morgan fingerprint density at radius 1 is 1.38 bits per heavy atom. The molecule has 0 aliphatic heterocycles. The van der Waals surface area contributed by atoms with Crippen molar-refractivity contribution in [1.82, 2.24) is 10.6 Å². The molecule has 0 unspecified atom stereocenters. The van der Waals surface area contributed by atoms with Crippen LogP contribution < -0.4 is 15.4 Å². The lowest BCUT2D eigenvalue weighted by atomic mass is 10.2. The van der Waals surface area contributed by atoms with Crippen molar-refractivity contribution in [2.75, 3.05) is 20.3 Å². The summed E-state index contributed by atoms with van der Waals surface area (Å²) >= 11 is 0. The topological polar surface area (TPSA) is 70.6 Å². The van der Waals surface area contributed by atoms with E-state index >= 15 is 0 Å². The van der Waals surface area contributed by atoms with Gasteiger partial charge in [0.15, 0.2) is 0 Å². The summed E-state index contributed by atoms with van der Waals surface area (Å²) < 4.78 is 5.15. The van der Waals surface area contributed by atoms with Crippen LogP contribution in [0.1, 0.15) is 5.56 Å². The molecule has 0 aliphatic rings. The predicted octanol–water partition coefficient (Wildman–Crippen LogP) is 0.487. The zero-order valence-electron chi connectivity index (χ0n) is 9.19. The standard InChI is InChI=1S/C11H16N2O3/c1-16-10-5-3-2-4-9(10)8-13-11(15)12-6-7-14/h2-5,14H,6-8H2,1H3,(H2,12,13,15). The molecule has 16 heavy (non-hydrogen) atoms. The molecule has 0 spiro atoms. The van der Waals surface area contributed by atoms with Gasteiger partial charge in [0.05, 0.1) is 13.7 Å². The summed E-state index contributed by atoms with van der Waals surface area (Å²) in [5.41, 5.74) is 0.907. The molecule has 0 atom stereocenters. The summed E-state index contributed by atoms with van der Waals surface area (Å²) in [6, 6.07) is 7.16. The third kappa shape index (κ3) is 3.78. The number of urea groups is 1. The molecule has 0 saturated heterocycles. The van der Waals surface area contributed by atoms with Gasteiger partial charge in [-0.25, -0.2) is 4.79 Å². The Labute approximate surface area is 94.4 Å². The molecule has 0 saturated carbocycles. The van der Waals surface area contributed by atoms with Gasteiger partial charge in [0.1, 0.15) is 5.75 Å². The molecular weight excluding hydrogens is 208 g/mol. The first-order valence-corrected chi connectivity index (χ1v) is 5.02. The van der Waals surface area contributed by atoms with Gasteiger partial charge < -0.3 is 20.5 Å². The molecule has 0 aromatic heterocycles. The Morgan fingerprint density at radius 3 is 2.81 bits per heavy atom. The van der Waals surface area contributed by atoms with Crippen molar-refractivity contribution in [3.05, 3.63) is 29.8 Å². The van der Waals surface area contributed by atoms with Crippen molar-refractivity contribution < 1.29 is 14.6 Å². The molecule has 5 nitrogen and oxygen atoms in total. The molecular formula is C11H16N2O3. The van der Waals surface area contributed by atoms with Gasteiger partial charge in [-0.2, -0.15) is 0 Å². The maximum Gasteiger partial charge on any atom is 0.315 e. The molecule has 0 aliphatic carbocycles. The van der Waals surface area contributed by atoms with Crippen molar-refractivity contribution in [2.24, 2.45) is 0 Å². The van der Waals surface area contributed by atoms with Gasteiger partial charge in [0.2, 0.25) is 0 Å². The SMILES string of the molecule is COc1ccccc1CNC(=O)NCCO. The molecule has 0 bridgehead atoms. The predicted molar refractivity (Wildman–Crippen MR) is 60.3 cm³/mol. The van der Waals surface area contributed by atoms with Crippen LogP contribution in [0.2, 0.25) is 0 Å². The van der Waals surface area contributed by atoms with E-state index in [1.165, 1.54) is 0 Å². The van der Waals surface area contributed by atoms with Gasteiger partial charge >= 0.3 is 6.03 Å². The average molecular weight is 224 g/mol. The molecule has 2 amide bonds. The summed E-state index contributed by atoms with van der Waals surface area (Å²) in [5.74, 6) is 0.741. The smallest absolute Gasteiger partial charge is 0.315 e. The molecule has 0 heterocycles. The van der Waals surface area contributed by atoms with Crippen LogP contribution in [0.25, 0.3) is 0 Å². The molecule has 1 aromatic rings. The fraction of sp³-hybridized carbons (Fsp3) is 0.364. The Bertz CT molecular complexity index is 342. The number of carbonyl (C=O) groups excluding carboxylic acids is 1. The summed E-state index contributed by atoms with van der Waals surface area (Å²) in [4.78, 5) is 11.2. The molecule has 1 aromatic carbocycles. The maximum atomic E-state index is 11.2. The summed E-state index contributed by atoms with van der Waals surface area (Å²) in [6.07, 6.45) is 0. The Hall–Kier alpha value is -1.75. The van der Waals surface area contributed by atoms with Crippen LogP contribution in [0, 0.1) is 0 Å². The number of hydrogen-bond acceptors (Lipinski definition) is 3. The minimum absolute atomic E-state index is 0.0674. The summed E-state index contributed by atoms with van der Waals surface area (Å²) in [6.45, 7) is 0.571. The molecule has 5 heteroatoms. The lowest BCUT2D eigenvalue weighted by Gasteiger charge is -2.09. The second-order valence-corrected chi connectivity index (χ2v) is 3.14. The van der Waals surface area contributed by atoms with E-state index in [2.05, 4.69) is 10.6 Å². The number of methoxy groups -OCH3 is 1. The van der Waals surface area contributed by atoms with E-state index in [9.17, 15) is 4.79 Å². The number of rotatable bonds is 5. The Balaban J connectivity index is 2.44. The number of para-hydroxylation sites is 1. The number of hydrogen-bond donors (Lipinski definition) is 3. The number of aliphatic hydroxyl groups excluding tert-OH is 1. The van der Waals surface area contributed by atoms with E-state index in [4.69, 9.17) is 9.84 Å². The first kappa shape index (κ1) is 12.3. The van der Waals surface area contributed by atoms with Gasteiger partial charge in [-0.15, -0.1) is 0 Å². The summed E-state index contributed by atoms with van der Waals surface area (Å²) in [5, 5.41) is 13.7. The Kier molecular flexibility index (Phi) is 5.15. The molecule has 0 radical (unpaired) electrons. The summed E-state index contributed by atoms with van der Waals surface area (Å²) in [7, 11) is 1.59. The zero-order chi connectivity index (χ0) is 11.8. The largest absolute Gasteiger partial charge is 0.496 e. The zero-order valence-corrected chi connectivity index (χ0v) is 9.19. The number of benzene rings is 1. The van der Waals surface area contributed by atoms with Crippen LogP contribution in [0.4, 0.5) is 4.79 Å². The molecule has 1 rings (SSSR count). The van der Waals surface area contributed by atoms with E-state index in [0.717, 1.165) is 11.3 Å². The highest BCUT2D eigenvalue weighted by Gasteiger charge is 2.03. The van der Waals surface area contributed by atoms with Crippen LogP contribution in [-0.2, 0) is 6.54 Å². The highest BCUT2D eigenvalue weighted by Crippen LogP contribution is 2.16. The first-order chi connectivity index (χ1) is 7.77. The number of amides is 2. The number of aliphatic hydroxyl groups is 1. The number of carbonyl (C=O) groups is 1. The number of ether oxygens (including phenoxy) is 1. The van der Waals surface area contributed by atoms with Crippen molar-refractivity contribution in [3.63, 3.8) is 0 Å². The van der Waals surface area contributed by atoms with Gasteiger partial charge in [-0.05, 0) is 6.07 Å². The fourth-order valence-electron chi connectivity index (χ4n) is 1.26. The quantitative estimate of drug-likeness (QED) is 0.681. The third-order valence-corrected chi connectivity index (χ3v) is 2.03. The van der Waals surface area contributed by atoms with Gasteiger partial charge in [-0.3, -0.25) is 0 Å². The maximum absolute atomic E-state index is 11.2. The van der Waals surface area contributed by atoms with Crippen LogP contribution in [0.5, 0.6) is 5.75 Å². The van der Waals surface area contributed by atoms with E-state index in [1.807, 2.05) is 24.3 Å². The van der Waals surface area contributed by atoms with Crippen molar-refractivity contribution in [3.8, 4) is 5.75 Å². The second-order valence-electron chi connectivity index (χ2n) is 3.14. The van der Waals surface area contributed by atoms with Crippen LogP contribution in [-0.4, -0.2) is 31.4 Å².